The molecule has 39 heavy (non-hydrogen) atoms. The Bertz CT molecular complexity index is 1460. The van der Waals surface area contributed by atoms with E-state index < -0.39 is 28.6 Å². The molecular weight excluding hydrogens is 537 g/mol. The predicted octanol–water partition coefficient (Wildman–Crippen LogP) is 6.61. The van der Waals surface area contributed by atoms with Gasteiger partial charge in [-0.15, -0.1) is 11.8 Å². The molecule has 1 aromatic heterocycles. The zero-order valence-electron chi connectivity index (χ0n) is 21.6. The molecule has 0 fully saturated rings. The largest absolute Gasteiger partial charge is 0.416 e. The number of hydrogen-bond donors (Lipinski definition) is 1. The highest BCUT2D eigenvalue weighted by atomic mass is 32.2. The maximum absolute atomic E-state index is 13.7. The van der Waals surface area contributed by atoms with Crippen molar-refractivity contribution in [3.8, 4) is 6.07 Å². The number of nitrogens with one attached hydrogen (secondary N) is 1. The number of nitriles is 1. The standard InChI is InChI=1S/C27H26F5N5OS/c1-25(2,14-33)15-34-24(35-16-38)23(39-4)10-17-5-8-22-19(9-17)13-37(36-22)12-18-6-7-20(26(3,28)29)11-21(18)27(30,31)32/h5-11,13,16H,12,15H2,1-4H3,(H,34,35,38)/b23-10-. The van der Waals surface area contributed by atoms with E-state index in [4.69, 9.17) is 0 Å². The Balaban J connectivity index is 1.95. The van der Waals surface area contributed by atoms with Crippen LogP contribution in [0.3, 0.4) is 0 Å². The van der Waals surface area contributed by atoms with Crippen LogP contribution >= 0.6 is 11.8 Å². The average Bonchev–Trinajstić information content (AvgIpc) is 3.25. The molecule has 0 radical (unpaired) electrons. The molecule has 0 atom stereocenters. The summed E-state index contributed by atoms with van der Waals surface area (Å²) in [5.74, 6) is -3.10. The van der Waals surface area contributed by atoms with E-state index in [-0.39, 0.29) is 18.7 Å². The number of carbonyl (C=O) groups is 1. The van der Waals surface area contributed by atoms with Gasteiger partial charge in [0.15, 0.2) is 0 Å². The minimum atomic E-state index is -4.81. The summed E-state index contributed by atoms with van der Waals surface area (Å²) in [7, 11) is 0. The van der Waals surface area contributed by atoms with Crippen molar-refractivity contribution in [2.45, 2.75) is 39.4 Å². The Kier molecular flexibility index (Phi) is 8.85. The number of hydrogen-bond acceptors (Lipinski definition) is 5. The lowest BCUT2D eigenvalue weighted by Crippen LogP contribution is -2.25. The topological polar surface area (TPSA) is 83.1 Å². The molecule has 6 nitrogen and oxygen atoms in total. The van der Waals surface area contributed by atoms with Crippen LogP contribution in [0.2, 0.25) is 0 Å². The molecule has 0 spiro atoms. The van der Waals surface area contributed by atoms with Crippen molar-refractivity contribution >= 4 is 41.0 Å². The van der Waals surface area contributed by atoms with Crippen molar-refractivity contribution in [1.29, 1.82) is 5.26 Å². The van der Waals surface area contributed by atoms with Gasteiger partial charge in [0.25, 0.3) is 5.92 Å². The summed E-state index contributed by atoms with van der Waals surface area (Å²) in [6.45, 7) is 3.91. The fraction of sp³-hybridized carbons (Fsp3) is 0.333. The molecule has 206 valence electrons. The first-order valence-corrected chi connectivity index (χ1v) is 12.9. The summed E-state index contributed by atoms with van der Waals surface area (Å²) < 4.78 is 69.6. The van der Waals surface area contributed by atoms with Gasteiger partial charge in [-0.1, -0.05) is 18.2 Å². The molecule has 0 aliphatic heterocycles. The second-order valence-corrected chi connectivity index (χ2v) is 10.4. The third-order valence-corrected chi connectivity index (χ3v) is 6.46. The minimum absolute atomic E-state index is 0.167. The fourth-order valence-corrected chi connectivity index (χ4v) is 4.20. The quantitative estimate of drug-likeness (QED) is 0.137. The molecule has 3 rings (SSSR count). The normalized spacial score (nSPS) is 13.4. The summed E-state index contributed by atoms with van der Waals surface area (Å²) >= 11 is 1.34. The lowest BCUT2D eigenvalue weighted by molar-refractivity contribution is -0.138. The summed E-state index contributed by atoms with van der Waals surface area (Å²) in [5.41, 5.74) is -1.52. The molecule has 3 aromatic rings. The smallest absolute Gasteiger partial charge is 0.313 e. The predicted molar refractivity (Wildman–Crippen MR) is 142 cm³/mol. The number of nitrogens with zero attached hydrogens (tertiary/aromatic N) is 4. The molecule has 0 aliphatic carbocycles. The van der Waals surface area contributed by atoms with Gasteiger partial charge in [0.1, 0.15) is 5.84 Å². The van der Waals surface area contributed by atoms with Crippen LogP contribution in [-0.2, 0) is 23.4 Å². The molecular formula is C27H26F5N5OS. The minimum Gasteiger partial charge on any atom is -0.313 e. The number of rotatable bonds is 9. The molecule has 1 heterocycles. The first-order valence-electron chi connectivity index (χ1n) is 11.6. The van der Waals surface area contributed by atoms with Crippen LogP contribution < -0.4 is 5.32 Å². The molecule has 0 unspecified atom stereocenters. The Morgan fingerprint density at radius 2 is 1.87 bits per heavy atom. The fourth-order valence-electron chi connectivity index (χ4n) is 3.63. The van der Waals surface area contributed by atoms with Gasteiger partial charge in [0.2, 0.25) is 6.41 Å². The van der Waals surface area contributed by atoms with Crippen LogP contribution in [-0.4, -0.2) is 34.8 Å². The van der Waals surface area contributed by atoms with E-state index in [0.29, 0.717) is 41.0 Å². The van der Waals surface area contributed by atoms with Crippen molar-refractivity contribution in [3.05, 3.63) is 69.8 Å². The molecule has 2 aromatic carbocycles. The van der Waals surface area contributed by atoms with E-state index in [2.05, 4.69) is 21.5 Å². The third kappa shape index (κ3) is 7.66. The summed E-state index contributed by atoms with van der Waals surface area (Å²) in [5, 5.41) is 16.8. The number of benzene rings is 2. The van der Waals surface area contributed by atoms with Gasteiger partial charge in [-0.25, -0.2) is 8.78 Å². The summed E-state index contributed by atoms with van der Waals surface area (Å²) in [4.78, 5) is 16.2. The Morgan fingerprint density at radius 3 is 2.46 bits per heavy atom. The molecule has 0 aliphatic rings. The van der Waals surface area contributed by atoms with Crippen molar-refractivity contribution in [3.63, 3.8) is 0 Å². The number of carbonyl (C=O) groups excluding carboxylic acids is 1. The van der Waals surface area contributed by atoms with Crippen LogP contribution in [0, 0.1) is 16.7 Å². The SMILES string of the molecule is CS/C(=C\c1ccc2nn(Cc3ccc(C(C)(F)F)cc3C(F)(F)F)cc2c1)C(=NCC(C)(C)C#N)NC=O. The monoisotopic (exact) mass is 563 g/mol. The number of fused-ring (bicyclic) bond motifs is 1. The van der Waals surface area contributed by atoms with Crippen molar-refractivity contribution in [2.75, 3.05) is 12.8 Å². The van der Waals surface area contributed by atoms with Gasteiger partial charge in [0, 0.05) is 24.1 Å². The Hall–Kier alpha value is -3.72. The number of thioether (sulfide) groups is 1. The van der Waals surface area contributed by atoms with Gasteiger partial charge in [-0.3, -0.25) is 14.5 Å². The number of amides is 1. The van der Waals surface area contributed by atoms with E-state index in [0.717, 1.165) is 17.7 Å². The van der Waals surface area contributed by atoms with Gasteiger partial charge in [-0.05, 0) is 55.5 Å². The second-order valence-electron chi connectivity index (χ2n) is 9.54. The van der Waals surface area contributed by atoms with E-state index in [1.807, 2.05) is 0 Å². The summed E-state index contributed by atoms with van der Waals surface area (Å²) in [6.07, 6.45) is 0.840. The van der Waals surface area contributed by atoms with Crippen LogP contribution in [0.4, 0.5) is 22.0 Å². The van der Waals surface area contributed by atoms with Gasteiger partial charge < -0.3 is 5.32 Å². The third-order valence-electron chi connectivity index (χ3n) is 5.71. The highest BCUT2D eigenvalue weighted by Crippen LogP contribution is 2.37. The van der Waals surface area contributed by atoms with Crippen molar-refractivity contribution < 1.29 is 26.7 Å². The highest BCUT2D eigenvalue weighted by Gasteiger charge is 2.36. The highest BCUT2D eigenvalue weighted by molar-refractivity contribution is 8.03. The molecule has 0 saturated carbocycles. The van der Waals surface area contributed by atoms with E-state index >= 15 is 0 Å². The van der Waals surface area contributed by atoms with Crippen LogP contribution in [0.25, 0.3) is 17.0 Å². The Morgan fingerprint density at radius 1 is 1.15 bits per heavy atom. The molecule has 1 amide bonds. The number of amidine groups is 1. The summed E-state index contributed by atoms with van der Waals surface area (Å²) in [6, 6.07) is 9.91. The maximum Gasteiger partial charge on any atom is 0.416 e. The number of alkyl halides is 5. The van der Waals surface area contributed by atoms with Crippen LogP contribution in [0.15, 0.2) is 52.5 Å². The lowest BCUT2D eigenvalue weighted by atomic mass is 9.96. The van der Waals surface area contributed by atoms with Gasteiger partial charge >= 0.3 is 6.18 Å². The zero-order valence-corrected chi connectivity index (χ0v) is 22.4. The Labute approximate surface area is 226 Å². The lowest BCUT2D eigenvalue weighted by Gasteiger charge is -2.17. The van der Waals surface area contributed by atoms with E-state index in [1.54, 1.807) is 50.6 Å². The molecule has 0 bridgehead atoms. The number of aromatic nitrogens is 2. The second kappa shape index (κ2) is 11.6. The van der Waals surface area contributed by atoms with Crippen molar-refractivity contribution in [2.24, 2.45) is 10.4 Å². The van der Waals surface area contributed by atoms with E-state index in [9.17, 15) is 32.0 Å². The number of halogens is 5. The zero-order chi connectivity index (χ0) is 29.0. The van der Waals surface area contributed by atoms with E-state index in [1.165, 1.54) is 16.4 Å². The van der Waals surface area contributed by atoms with Crippen LogP contribution in [0.1, 0.15) is 43.0 Å². The average molecular weight is 564 g/mol. The van der Waals surface area contributed by atoms with Gasteiger partial charge in [-0.2, -0.15) is 23.5 Å². The maximum atomic E-state index is 13.7. The number of aliphatic imine (C=N–C) groups is 1. The van der Waals surface area contributed by atoms with Crippen molar-refractivity contribution in [1.82, 2.24) is 15.1 Å². The molecule has 1 N–H and O–H groups in total. The van der Waals surface area contributed by atoms with Crippen LogP contribution in [0.5, 0.6) is 0 Å². The van der Waals surface area contributed by atoms with Gasteiger partial charge in [0.05, 0.1) is 40.6 Å². The first-order chi connectivity index (χ1) is 18.2. The molecule has 0 saturated heterocycles. The first kappa shape index (κ1) is 29.8. The molecule has 12 heteroatoms.